The first-order valence-corrected chi connectivity index (χ1v) is 9.45. The Morgan fingerprint density at radius 2 is 2.13 bits per heavy atom. The monoisotopic (exact) mass is 330 g/mol. The number of nitrogens with zero attached hydrogens (tertiary/aromatic N) is 1. The Hall–Kier alpha value is -1.49. The van der Waals surface area contributed by atoms with Gasteiger partial charge in [0.1, 0.15) is 6.04 Å². The summed E-state index contributed by atoms with van der Waals surface area (Å²) in [6.45, 7) is 2.08. The molecule has 0 unspecified atom stereocenters. The average Bonchev–Trinajstić information content (AvgIpc) is 3.04. The summed E-state index contributed by atoms with van der Waals surface area (Å²) >= 11 is 1.74. The Morgan fingerprint density at radius 3 is 3.00 bits per heavy atom. The zero-order valence-electron chi connectivity index (χ0n) is 13.4. The quantitative estimate of drug-likeness (QED) is 0.907. The van der Waals surface area contributed by atoms with Crippen molar-refractivity contribution in [1.29, 1.82) is 0 Å². The molecule has 2 atom stereocenters. The lowest BCUT2D eigenvalue weighted by molar-refractivity contribution is -0.135. The summed E-state index contributed by atoms with van der Waals surface area (Å²) in [4.78, 5) is 26.6. The van der Waals surface area contributed by atoms with Crippen molar-refractivity contribution < 1.29 is 9.59 Å². The predicted octanol–water partition coefficient (Wildman–Crippen LogP) is 2.96. The van der Waals surface area contributed by atoms with Crippen LogP contribution in [-0.2, 0) is 22.4 Å². The van der Waals surface area contributed by atoms with Crippen molar-refractivity contribution >= 4 is 29.3 Å². The van der Waals surface area contributed by atoms with Crippen LogP contribution >= 0.6 is 11.8 Å². The van der Waals surface area contributed by atoms with E-state index in [4.69, 9.17) is 0 Å². The van der Waals surface area contributed by atoms with Crippen LogP contribution in [0.15, 0.2) is 18.2 Å². The van der Waals surface area contributed by atoms with E-state index in [9.17, 15) is 9.59 Å². The zero-order chi connectivity index (χ0) is 16.0. The third-order valence-corrected chi connectivity index (χ3v) is 6.91. The van der Waals surface area contributed by atoms with Crippen LogP contribution in [0.3, 0.4) is 0 Å². The Bertz CT molecular complexity index is 675. The molecule has 2 amide bonds. The van der Waals surface area contributed by atoms with Crippen LogP contribution in [0, 0.1) is 0 Å². The molecule has 0 saturated carbocycles. The standard InChI is InChI=1S/C18H22N2O2S/c1-18-10-9-16(21)20(18)15(11-23-18)17(22)19-14-8-4-6-12-5-2-3-7-13(12)14/h4,6,8,15H,2-3,5,7,9-11H2,1H3,(H,19,22)/t15-,18-/m1/s1. The lowest BCUT2D eigenvalue weighted by atomic mass is 9.90. The highest BCUT2D eigenvalue weighted by Crippen LogP contribution is 2.47. The van der Waals surface area contributed by atoms with E-state index in [1.54, 1.807) is 11.8 Å². The molecule has 2 fully saturated rings. The zero-order valence-corrected chi connectivity index (χ0v) is 14.2. The Kier molecular flexibility index (Phi) is 3.63. The van der Waals surface area contributed by atoms with Crippen molar-refractivity contribution in [2.24, 2.45) is 0 Å². The second kappa shape index (κ2) is 5.55. The van der Waals surface area contributed by atoms with Gasteiger partial charge < -0.3 is 10.2 Å². The van der Waals surface area contributed by atoms with Gasteiger partial charge in [0.15, 0.2) is 0 Å². The number of hydrogen-bond acceptors (Lipinski definition) is 3. The second-order valence-corrected chi connectivity index (χ2v) is 8.41. The molecule has 4 nitrogen and oxygen atoms in total. The number of hydrogen-bond donors (Lipinski definition) is 1. The Balaban J connectivity index is 1.56. The van der Waals surface area contributed by atoms with E-state index in [0.717, 1.165) is 24.9 Å². The molecule has 0 spiro atoms. The van der Waals surface area contributed by atoms with Crippen LogP contribution in [0.25, 0.3) is 0 Å². The molecule has 1 aromatic carbocycles. The van der Waals surface area contributed by atoms with Crippen molar-refractivity contribution in [3.63, 3.8) is 0 Å². The first-order chi connectivity index (χ1) is 11.1. The van der Waals surface area contributed by atoms with E-state index in [2.05, 4.69) is 18.3 Å². The maximum atomic E-state index is 12.8. The summed E-state index contributed by atoms with van der Waals surface area (Å²) in [6.07, 6.45) is 5.95. The molecular formula is C18H22N2O2S. The van der Waals surface area contributed by atoms with Gasteiger partial charge in [-0.3, -0.25) is 9.59 Å². The lowest BCUT2D eigenvalue weighted by Gasteiger charge is -2.30. The molecule has 0 bridgehead atoms. The van der Waals surface area contributed by atoms with Crippen LogP contribution in [-0.4, -0.2) is 33.4 Å². The van der Waals surface area contributed by atoms with Crippen LogP contribution in [0.2, 0.25) is 0 Å². The van der Waals surface area contributed by atoms with Gasteiger partial charge >= 0.3 is 0 Å². The SMILES string of the molecule is C[C@@]12CCC(=O)N1[C@@H](C(=O)Nc1cccc3c1CCCC3)CS2. The van der Waals surface area contributed by atoms with E-state index in [1.807, 2.05) is 17.0 Å². The number of nitrogens with one attached hydrogen (secondary N) is 1. The fraction of sp³-hybridized carbons (Fsp3) is 0.556. The smallest absolute Gasteiger partial charge is 0.248 e. The van der Waals surface area contributed by atoms with Gasteiger partial charge in [0.05, 0.1) is 4.87 Å². The lowest BCUT2D eigenvalue weighted by Crippen LogP contribution is -2.48. The van der Waals surface area contributed by atoms with Crippen LogP contribution in [0.1, 0.15) is 43.7 Å². The number of rotatable bonds is 2. The van der Waals surface area contributed by atoms with Gasteiger partial charge in [-0.15, -0.1) is 11.8 Å². The van der Waals surface area contributed by atoms with Gasteiger partial charge in [0, 0.05) is 17.9 Å². The highest BCUT2D eigenvalue weighted by molar-refractivity contribution is 8.01. The summed E-state index contributed by atoms with van der Waals surface area (Å²) in [5, 5.41) is 3.12. The molecule has 2 saturated heterocycles. The topological polar surface area (TPSA) is 49.4 Å². The minimum Gasteiger partial charge on any atom is -0.324 e. The van der Waals surface area contributed by atoms with Gasteiger partial charge in [-0.05, 0) is 56.2 Å². The van der Waals surface area contributed by atoms with Gasteiger partial charge in [-0.1, -0.05) is 12.1 Å². The number of benzene rings is 1. The van der Waals surface area contributed by atoms with Crippen molar-refractivity contribution in [1.82, 2.24) is 4.90 Å². The molecule has 2 aliphatic heterocycles. The highest BCUT2D eigenvalue weighted by Gasteiger charge is 2.52. The normalized spacial score (nSPS) is 29.3. The van der Waals surface area contributed by atoms with Gasteiger partial charge in [0.2, 0.25) is 11.8 Å². The van der Waals surface area contributed by atoms with Gasteiger partial charge in [-0.25, -0.2) is 0 Å². The third kappa shape index (κ3) is 2.45. The maximum Gasteiger partial charge on any atom is 0.248 e. The molecule has 4 rings (SSSR count). The molecule has 1 aromatic rings. The Labute approximate surface area is 141 Å². The largest absolute Gasteiger partial charge is 0.324 e. The van der Waals surface area contributed by atoms with Gasteiger partial charge in [0.25, 0.3) is 0 Å². The summed E-state index contributed by atoms with van der Waals surface area (Å²) in [5.74, 6) is 0.784. The number of carbonyl (C=O) groups is 2. The number of aryl methyl sites for hydroxylation is 1. The van der Waals surface area contributed by atoms with Crippen molar-refractivity contribution in [2.75, 3.05) is 11.1 Å². The number of fused-ring (bicyclic) bond motifs is 2. The molecular weight excluding hydrogens is 308 g/mol. The van der Waals surface area contributed by atoms with Gasteiger partial charge in [-0.2, -0.15) is 0 Å². The summed E-state index contributed by atoms with van der Waals surface area (Å²) in [5.41, 5.74) is 3.59. The van der Waals surface area contributed by atoms with E-state index in [0.29, 0.717) is 12.2 Å². The predicted molar refractivity (Wildman–Crippen MR) is 92.4 cm³/mol. The molecule has 23 heavy (non-hydrogen) atoms. The van der Waals surface area contributed by atoms with Crippen molar-refractivity contribution in [2.45, 2.75) is 56.4 Å². The maximum absolute atomic E-state index is 12.8. The minimum absolute atomic E-state index is 0.0320. The first kappa shape index (κ1) is 15.1. The molecule has 1 N–H and O–H groups in total. The van der Waals surface area contributed by atoms with E-state index in [-0.39, 0.29) is 22.7 Å². The van der Waals surface area contributed by atoms with Crippen LogP contribution < -0.4 is 5.32 Å². The van der Waals surface area contributed by atoms with E-state index < -0.39 is 0 Å². The summed E-state index contributed by atoms with van der Waals surface area (Å²) < 4.78 is 0. The average molecular weight is 330 g/mol. The van der Waals surface area contributed by atoms with E-state index >= 15 is 0 Å². The molecule has 1 aliphatic carbocycles. The molecule has 0 radical (unpaired) electrons. The highest BCUT2D eigenvalue weighted by atomic mass is 32.2. The number of thioether (sulfide) groups is 1. The molecule has 5 heteroatoms. The molecule has 3 aliphatic rings. The van der Waals surface area contributed by atoms with Crippen molar-refractivity contribution in [3.8, 4) is 0 Å². The summed E-state index contributed by atoms with van der Waals surface area (Å²) in [7, 11) is 0. The second-order valence-electron chi connectivity index (χ2n) is 6.91. The van der Waals surface area contributed by atoms with Crippen LogP contribution in [0.5, 0.6) is 0 Å². The van der Waals surface area contributed by atoms with E-state index in [1.165, 1.54) is 24.0 Å². The summed E-state index contributed by atoms with van der Waals surface area (Å²) in [6, 6.07) is 5.85. The Morgan fingerprint density at radius 1 is 1.30 bits per heavy atom. The first-order valence-electron chi connectivity index (χ1n) is 8.46. The number of carbonyl (C=O) groups excluding carboxylic acids is 2. The minimum atomic E-state index is -0.334. The fourth-order valence-corrected chi connectivity index (χ4v) is 5.56. The number of anilines is 1. The third-order valence-electron chi connectivity index (χ3n) is 5.40. The van der Waals surface area contributed by atoms with Crippen LogP contribution in [0.4, 0.5) is 5.69 Å². The van der Waals surface area contributed by atoms with Crippen molar-refractivity contribution in [3.05, 3.63) is 29.3 Å². The number of amides is 2. The molecule has 2 heterocycles. The molecule has 122 valence electrons. The molecule has 0 aromatic heterocycles. The fourth-order valence-electron chi connectivity index (χ4n) is 4.13.